The lowest BCUT2D eigenvalue weighted by atomic mass is 10.0. The number of hydrogen-bond donors (Lipinski definition) is 2. The molecule has 0 radical (unpaired) electrons. The van der Waals surface area contributed by atoms with Crippen LogP contribution >= 0.6 is 0 Å². The Morgan fingerprint density at radius 2 is 2.06 bits per heavy atom. The minimum absolute atomic E-state index is 0.0338. The number of hydrogen-bond acceptors (Lipinski definition) is 2. The molecule has 3 nitrogen and oxygen atoms in total. The van der Waals surface area contributed by atoms with Crippen molar-refractivity contribution in [3.8, 4) is 0 Å². The molecule has 1 aromatic carbocycles. The number of aliphatic hydroxyl groups excluding tert-OH is 1. The molecule has 0 spiro atoms. The summed E-state index contributed by atoms with van der Waals surface area (Å²) in [6.07, 6.45) is 0.0219. The van der Waals surface area contributed by atoms with Gasteiger partial charge in [-0.05, 0) is 24.5 Å². The Morgan fingerprint density at radius 3 is 2.65 bits per heavy atom. The van der Waals surface area contributed by atoms with E-state index in [1.165, 1.54) is 18.2 Å². The summed E-state index contributed by atoms with van der Waals surface area (Å²) in [5.74, 6) is -0.825. The second-order valence-electron chi connectivity index (χ2n) is 4.34. The summed E-state index contributed by atoms with van der Waals surface area (Å²) < 4.78 is 13.2. The fraction of sp³-hybridized carbons (Fsp3) is 0.462. The molecule has 0 saturated heterocycles. The number of carbonyl (C=O) groups is 1. The number of aliphatic hydroxyl groups is 1. The minimum Gasteiger partial charge on any atom is -0.393 e. The Bertz CT molecular complexity index is 379. The molecule has 17 heavy (non-hydrogen) atoms. The van der Waals surface area contributed by atoms with Crippen molar-refractivity contribution in [2.75, 3.05) is 6.54 Å². The number of nitrogens with one attached hydrogen (secondary N) is 1. The van der Waals surface area contributed by atoms with E-state index in [1.807, 2.05) is 13.8 Å². The summed E-state index contributed by atoms with van der Waals surface area (Å²) in [6, 6.07) is 5.83. The smallest absolute Gasteiger partial charge is 0.254 e. The van der Waals surface area contributed by atoms with Gasteiger partial charge in [-0.25, -0.2) is 4.39 Å². The molecular weight excluding hydrogens is 221 g/mol. The molecule has 94 valence electrons. The third-order valence-corrected chi connectivity index (χ3v) is 2.61. The van der Waals surface area contributed by atoms with E-state index in [4.69, 9.17) is 0 Å². The lowest BCUT2D eigenvalue weighted by molar-refractivity contribution is 0.0916. The molecule has 1 rings (SSSR count). The second-order valence-corrected chi connectivity index (χ2v) is 4.34. The summed E-state index contributed by atoms with van der Waals surface area (Å²) in [4.78, 5) is 11.6. The highest BCUT2D eigenvalue weighted by molar-refractivity contribution is 5.94. The van der Waals surface area contributed by atoms with Crippen LogP contribution in [0.25, 0.3) is 0 Å². The van der Waals surface area contributed by atoms with E-state index in [9.17, 15) is 14.3 Å². The van der Waals surface area contributed by atoms with Crippen LogP contribution in [0.15, 0.2) is 24.3 Å². The van der Waals surface area contributed by atoms with Crippen molar-refractivity contribution in [1.29, 1.82) is 0 Å². The van der Waals surface area contributed by atoms with E-state index >= 15 is 0 Å². The predicted molar refractivity (Wildman–Crippen MR) is 64.2 cm³/mol. The van der Waals surface area contributed by atoms with Gasteiger partial charge < -0.3 is 10.4 Å². The Hall–Kier alpha value is -1.42. The zero-order valence-electron chi connectivity index (χ0n) is 10.1. The quantitative estimate of drug-likeness (QED) is 0.825. The first kappa shape index (κ1) is 13.6. The molecule has 1 amide bonds. The average molecular weight is 239 g/mol. The van der Waals surface area contributed by atoms with Gasteiger partial charge in [0.05, 0.1) is 11.7 Å². The van der Waals surface area contributed by atoms with Gasteiger partial charge in [-0.15, -0.1) is 0 Å². The SMILES string of the molecule is CC(C)C(O)CCNC(=O)c1ccccc1F. The van der Waals surface area contributed by atoms with Crippen LogP contribution in [-0.2, 0) is 0 Å². The molecule has 0 aromatic heterocycles. The predicted octanol–water partition coefficient (Wildman–Crippen LogP) is 1.96. The molecule has 0 aliphatic heterocycles. The van der Waals surface area contributed by atoms with Gasteiger partial charge in [-0.1, -0.05) is 26.0 Å². The second kappa shape index (κ2) is 6.35. The van der Waals surface area contributed by atoms with Crippen LogP contribution in [0.2, 0.25) is 0 Å². The topological polar surface area (TPSA) is 49.3 Å². The van der Waals surface area contributed by atoms with Crippen molar-refractivity contribution in [2.24, 2.45) is 5.92 Å². The summed E-state index contributed by atoms with van der Waals surface area (Å²) >= 11 is 0. The molecule has 2 N–H and O–H groups in total. The third-order valence-electron chi connectivity index (χ3n) is 2.61. The van der Waals surface area contributed by atoms with E-state index in [1.54, 1.807) is 6.07 Å². The Morgan fingerprint density at radius 1 is 1.41 bits per heavy atom. The number of rotatable bonds is 5. The van der Waals surface area contributed by atoms with Crippen LogP contribution in [0, 0.1) is 11.7 Å². The number of carbonyl (C=O) groups excluding carboxylic acids is 1. The zero-order valence-corrected chi connectivity index (χ0v) is 10.1. The van der Waals surface area contributed by atoms with E-state index in [2.05, 4.69) is 5.32 Å². The van der Waals surface area contributed by atoms with Crippen molar-refractivity contribution < 1.29 is 14.3 Å². The van der Waals surface area contributed by atoms with Crippen LogP contribution < -0.4 is 5.32 Å². The van der Waals surface area contributed by atoms with Gasteiger partial charge in [-0.2, -0.15) is 0 Å². The number of halogens is 1. The molecule has 0 aliphatic rings. The van der Waals surface area contributed by atoms with Gasteiger partial charge in [0.2, 0.25) is 0 Å². The molecule has 0 bridgehead atoms. The van der Waals surface area contributed by atoms with Crippen LogP contribution in [0.1, 0.15) is 30.6 Å². The van der Waals surface area contributed by atoms with Gasteiger partial charge in [-0.3, -0.25) is 4.79 Å². The van der Waals surface area contributed by atoms with E-state index in [-0.39, 0.29) is 11.5 Å². The fourth-order valence-electron chi connectivity index (χ4n) is 1.41. The maximum absolute atomic E-state index is 13.2. The molecule has 4 heteroatoms. The number of amides is 1. The van der Waals surface area contributed by atoms with Gasteiger partial charge in [0.15, 0.2) is 0 Å². The van der Waals surface area contributed by atoms with Crippen molar-refractivity contribution in [3.05, 3.63) is 35.6 Å². The zero-order chi connectivity index (χ0) is 12.8. The highest BCUT2D eigenvalue weighted by Crippen LogP contribution is 2.07. The van der Waals surface area contributed by atoms with E-state index < -0.39 is 17.8 Å². The van der Waals surface area contributed by atoms with Crippen LogP contribution in [0.5, 0.6) is 0 Å². The summed E-state index contributed by atoms with van der Waals surface area (Å²) in [7, 11) is 0. The average Bonchev–Trinajstić information content (AvgIpc) is 2.29. The van der Waals surface area contributed by atoms with Crippen molar-refractivity contribution >= 4 is 5.91 Å². The fourth-order valence-corrected chi connectivity index (χ4v) is 1.41. The molecular formula is C13H18FNO2. The first-order valence-corrected chi connectivity index (χ1v) is 5.73. The van der Waals surface area contributed by atoms with Crippen molar-refractivity contribution in [1.82, 2.24) is 5.32 Å². The standard InChI is InChI=1S/C13H18FNO2/c1-9(2)12(16)7-8-15-13(17)10-5-3-4-6-11(10)14/h3-6,9,12,16H,7-8H2,1-2H3,(H,15,17). The van der Waals surface area contributed by atoms with Gasteiger partial charge in [0, 0.05) is 6.54 Å². The van der Waals surface area contributed by atoms with Crippen molar-refractivity contribution in [2.45, 2.75) is 26.4 Å². The van der Waals surface area contributed by atoms with Crippen LogP contribution in [0.3, 0.4) is 0 Å². The molecule has 0 heterocycles. The maximum atomic E-state index is 13.2. The van der Waals surface area contributed by atoms with E-state index in [0.29, 0.717) is 13.0 Å². The first-order valence-electron chi connectivity index (χ1n) is 5.73. The molecule has 1 atom stereocenters. The molecule has 0 aliphatic carbocycles. The Balaban J connectivity index is 2.43. The van der Waals surface area contributed by atoms with Crippen molar-refractivity contribution in [3.63, 3.8) is 0 Å². The Labute approximate surface area is 101 Å². The molecule has 1 aromatic rings. The molecule has 0 fully saturated rings. The molecule has 0 saturated carbocycles. The summed E-state index contributed by atoms with van der Waals surface area (Å²) in [6.45, 7) is 4.15. The summed E-state index contributed by atoms with van der Waals surface area (Å²) in [5.41, 5.74) is 0.0338. The molecule has 1 unspecified atom stereocenters. The Kier molecular flexibility index (Phi) is 5.10. The summed E-state index contributed by atoms with van der Waals surface area (Å²) in [5, 5.41) is 12.1. The van der Waals surface area contributed by atoms with Crippen LogP contribution in [0.4, 0.5) is 4.39 Å². The van der Waals surface area contributed by atoms with Crippen LogP contribution in [-0.4, -0.2) is 23.7 Å². The van der Waals surface area contributed by atoms with Gasteiger partial charge >= 0.3 is 0 Å². The monoisotopic (exact) mass is 239 g/mol. The third kappa shape index (κ3) is 4.15. The van der Waals surface area contributed by atoms with Gasteiger partial charge in [0.1, 0.15) is 5.82 Å². The number of benzene rings is 1. The minimum atomic E-state index is -0.533. The first-order chi connectivity index (χ1) is 8.02. The normalized spacial score (nSPS) is 12.5. The highest BCUT2D eigenvalue weighted by Gasteiger charge is 2.12. The maximum Gasteiger partial charge on any atom is 0.254 e. The lowest BCUT2D eigenvalue weighted by Gasteiger charge is -2.14. The highest BCUT2D eigenvalue weighted by atomic mass is 19.1. The van der Waals surface area contributed by atoms with E-state index in [0.717, 1.165) is 0 Å². The van der Waals surface area contributed by atoms with Gasteiger partial charge in [0.25, 0.3) is 5.91 Å². The lowest BCUT2D eigenvalue weighted by Crippen LogP contribution is -2.29. The largest absolute Gasteiger partial charge is 0.393 e.